The molecular formula is C38H20N2OS2. The van der Waals surface area contributed by atoms with Gasteiger partial charge in [0.25, 0.3) is 0 Å². The topological polar surface area (TPSA) is 38.9 Å². The first-order valence-electron chi connectivity index (χ1n) is 14.2. The Bertz CT molecular complexity index is 2740. The lowest BCUT2D eigenvalue weighted by Crippen LogP contribution is -1.86. The van der Waals surface area contributed by atoms with Gasteiger partial charge < -0.3 is 4.42 Å². The highest BCUT2D eigenvalue weighted by molar-refractivity contribution is 7.26. The molecule has 10 rings (SSSR count). The van der Waals surface area contributed by atoms with E-state index in [0.29, 0.717) is 5.71 Å². The molecule has 0 saturated heterocycles. The fraction of sp³-hybridized carbons (Fsp3) is 0. The highest BCUT2D eigenvalue weighted by atomic mass is 32.1. The SMILES string of the molecule is c1ccc2c(c1)sc1ccc(-c3ccc4nc5oc6ccc(-c7ccc8sc9ccccc9c8c7)cc6c5nc4c3)cc12. The van der Waals surface area contributed by atoms with Crippen molar-refractivity contribution < 1.29 is 4.42 Å². The van der Waals surface area contributed by atoms with Crippen molar-refractivity contribution in [3.63, 3.8) is 0 Å². The van der Waals surface area contributed by atoms with Crippen LogP contribution in [-0.4, -0.2) is 9.97 Å². The average Bonchev–Trinajstić information content (AvgIpc) is 3.73. The maximum Gasteiger partial charge on any atom is 0.246 e. The number of furan rings is 1. The highest BCUT2D eigenvalue weighted by Gasteiger charge is 2.15. The Labute approximate surface area is 253 Å². The van der Waals surface area contributed by atoms with Gasteiger partial charge in [-0.15, -0.1) is 22.7 Å². The Morgan fingerprint density at radius 3 is 1.63 bits per heavy atom. The summed E-state index contributed by atoms with van der Waals surface area (Å²) in [7, 11) is 0. The first kappa shape index (κ1) is 23.5. The zero-order valence-corrected chi connectivity index (χ0v) is 24.3. The molecule has 0 atom stereocenters. The van der Waals surface area contributed by atoms with Gasteiger partial charge in [-0.25, -0.2) is 9.97 Å². The van der Waals surface area contributed by atoms with Crippen LogP contribution in [0.25, 0.3) is 95.8 Å². The van der Waals surface area contributed by atoms with Gasteiger partial charge in [-0.1, -0.05) is 60.7 Å². The summed E-state index contributed by atoms with van der Waals surface area (Å²) >= 11 is 3.68. The quantitative estimate of drug-likeness (QED) is 0.203. The van der Waals surface area contributed by atoms with Gasteiger partial charge in [0.2, 0.25) is 5.71 Å². The number of hydrogen-bond donors (Lipinski definition) is 0. The maximum absolute atomic E-state index is 6.19. The van der Waals surface area contributed by atoms with Gasteiger partial charge in [-0.05, 0) is 82.9 Å². The summed E-state index contributed by atoms with van der Waals surface area (Å²) in [6.07, 6.45) is 0. The van der Waals surface area contributed by atoms with Crippen molar-refractivity contribution in [2.24, 2.45) is 0 Å². The predicted molar refractivity (Wildman–Crippen MR) is 183 cm³/mol. The van der Waals surface area contributed by atoms with Crippen molar-refractivity contribution in [2.75, 3.05) is 0 Å². The molecule has 0 aliphatic rings. The van der Waals surface area contributed by atoms with Crippen molar-refractivity contribution in [2.45, 2.75) is 0 Å². The van der Waals surface area contributed by atoms with E-state index < -0.39 is 0 Å². The molecule has 200 valence electrons. The first-order chi connectivity index (χ1) is 21.2. The lowest BCUT2D eigenvalue weighted by Gasteiger charge is -2.05. The number of aromatic nitrogens is 2. The minimum atomic E-state index is 0.567. The second-order valence-corrected chi connectivity index (χ2v) is 13.2. The standard InChI is InChI=1S/C38H20N2OS2/c1-3-7-33-25(5-1)27-17-22(11-15-35(27)42-33)21-10-14-32-29(19-21)37-38(41-32)40-30-13-9-24(20-31(30)39-37)23-12-16-36-28(18-23)26-6-2-4-8-34(26)43-36/h1-20H. The largest absolute Gasteiger partial charge is 0.436 e. The van der Waals surface area contributed by atoms with Crippen LogP contribution in [0.4, 0.5) is 0 Å². The number of fused-ring (bicyclic) bond motifs is 10. The zero-order chi connectivity index (χ0) is 28.1. The Hall–Kier alpha value is -5.10. The minimum Gasteiger partial charge on any atom is -0.436 e. The molecule has 0 fully saturated rings. The smallest absolute Gasteiger partial charge is 0.246 e. The summed E-state index contributed by atoms with van der Waals surface area (Å²) in [6.45, 7) is 0. The molecule has 43 heavy (non-hydrogen) atoms. The van der Waals surface area contributed by atoms with Gasteiger partial charge in [0.15, 0.2) is 0 Å². The molecule has 6 aromatic carbocycles. The van der Waals surface area contributed by atoms with E-state index in [2.05, 4.69) is 109 Å². The lowest BCUT2D eigenvalue weighted by molar-refractivity contribution is 0.655. The molecule has 0 amide bonds. The fourth-order valence-corrected chi connectivity index (χ4v) is 8.54. The van der Waals surface area contributed by atoms with E-state index in [9.17, 15) is 0 Å². The van der Waals surface area contributed by atoms with E-state index in [1.165, 1.54) is 51.5 Å². The number of benzene rings is 6. The molecule has 4 heterocycles. The fourth-order valence-electron chi connectivity index (χ4n) is 6.36. The van der Waals surface area contributed by atoms with Crippen LogP contribution in [0.3, 0.4) is 0 Å². The van der Waals surface area contributed by atoms with E-state index >= 15 is 0 Å². The summed E-state index contributed by atoms with van der Waals surface area (Å²) in [5.41, 5.74) is 8.47. The first-order valence-corrected chi connectivity index (χ1v) is 15.9. The van der Waals surface area contributed by atoms with E-state index in [4.69, 9.17) is 14.4 Å². The molecule has 0 saturated carbocycles. The van der Waals surface area contributed by atoms with Gasteiger partial charge in [0.1, 0.15) is 11.1 Å². The Kier molecular flexibility index (Phi) is 4.75. The lowest BCUT2D eigenvalue weighted by atomic mass is 10.0. The molecule has 0 unspecified atom stereocenters. The van der Waals surface area contributed by atoms with Crippen LogP contribution in [0.15, 0.2) is 126 Å². The third-order valence-corrected chi connectivity index (χ3v) is 10.8. The number of thiophene rings is 2. The number of hydrogen-bond acceptors (Lipinski definition) is 5. The van der Waals surface area contributed by atoms with Crippen LogP contribution >= 0.6 is 22.7 Å². The minimum absolute atomic E-state index is 0.567. The monoisotopic (exact) mass is 584 g/mol. The summed E-state index contributed by atoms with van der Waals surface area (Å²) in [4.78, 5) is 10.00. The predicted octanol–water partition coefficient (Wildman–Crippen LogP) is 11.6. The van der Waals surface area contributed by atoms with E-state index in [0.717, 1.165) is 38.6 Å². The van der Waals surface area contributed by atoms with Crippen LogP contribution in [-0.2, 0) is 0 Å². The maximum atomic E-state index is 6.19. The summed E-state index contributed by atoms with van der Waals surface area (Å²) in [5.74, 6) is 0. The van der Waals surface area contributed by atoms with Crippen molar-refractivity contribution >= 4 is 96.3 Å². The molecule has 0 bridgehead atoms. The highest BCUT2D eigenvalue weighted by Crippen LogP contribution is 2.39. The van der Waals surface area contributed by atoms with Crippen molar-refractivity contribution in [3.8, 4) is 22.3 Å². The third-order valence-electron chi connectivity index (χ3n) is 8.49. The summed E-state index contributed by atoms with van der Waals surface area (Å²) in [5, 5.41) is 6.18. The molecular weight excluding hydrogens is 565 g/mol. The number of nitrogens with zero attached hydrogens (tertiary/aromatic N) is 2. The average molecular weight is 585 g/mol. The molecule has 3 nitrogen and oxygen atoms in total. The van der Waals surface area contributed by atoms with E-state index in [1.807, 2.05) is 34.8 Å². The van der Waals surface area contributed by atoms with E-state index in [-0.39, 0.29) is 0 Å². The van der Waals surface area contributed by atoms with Gasteiger partial charge in [0, 0.05) is 45.7 Å². The summed E-state index contributed by atoms with van der Waals surface area (Å²) < 4.78 is 11.4. The van der Waals surface area contributed by atoms with Crippen LogP contribution in [0.5, 0.6) is 0 Å². The van der Waals surface area contributed by atoms with Crippen LogP contribution in [0.2, 0.25) is 0 Å². The molecule has 0 aliphatic carbocycles. The van der Waals surface area contributed by atoms with Crippen LogP contribution < -0.4 is 0 Å². The van der Waals surface area contributed by atoms with Crippen molar-refractivity contribution in [1.29, 1.82) is 0 Å². The Morgan fingerprint density at radius 1 is 0.419 bits per heavy atom. The molecule has 0 radical (unpaired) electrons. The van der Waals surface area contributed by atoms with Gasteiger partial charge in [-0.3, -0.25) is 0 Å². The van der Waals surface area contributed by atoms with Crippen LogP contribution in [0.1, 0.15) is 0 Å². The van der Waals surface area contributed by atoms with Gasteiger partial charge in [-0.2, -0.15) is 0 Å². The van der Waals surface area contributed by atoms with Crippen molar-refractivity contribution in [3.05, 3.63) is 121 Å². The molecule has 4 aromatic heterocycles. The normalized spacial score (nSPS) is 12.2. The second kappa shape index (κ2) is 8.71. The molecule has 0 spiro atoms. The zero-order valence-electron chi connectivity index (χ0n) is 22.7. The molecule has 0 aliphatic heterocycles. The van der Waals surface area contributed by atoms with Gasteiger partial charge in [0.05, 0.1) is 11.0 Å². The second-order valence-electron chi connectivity index (χ2n) is 11.0. The Morgan fingerprint density at radius 2 is 0.953 bits per heavy atom. The van der Waals surface area contributed by atoms with Gasteiger partial charge >= 0.3 is 0 Å². The summed E-state index contributed by atoms with van der Waals surface area (Å²) in [6, 6.07) is 43.4. The molecule has 10 aromatic rings. The Balaban J connectivity index is 1.11. The van der Waals surface area contributed by atoms with Crippen LogP contribution in [0, 0.1) is 0 Å². The van der Waals surface area contributed by atoms with Crippen molar-refractivity contribution in [1.82, 2.24) is 9.97 Å². The number of rotatable bonds is 2. The van der Waals surface area contributed by atoms with E-state index in [1.54, 1.807) is 0 Å². The molecule has 0 N–H and O–H groups in total. The third kappa shape index (κ3) is 3.53. The molecule has 5 heteroatoms.